The van der Waals surface area contributed by atoms with Crippen molar-refractivity contribution < 1.29 is 4.74 Å². The molecular formula is C67H50N2O. The molecule has 1 aliphatic heterocycles. The van der Waals surface area contributed by atoms with Gasteiger partial charge in [-0.1, -0.05) is 196 Å². The highest BCUT2D eigenvalue weighted by atomic mass is 16.5. The summed E-state index contributed by atoms with van der Waals surface area (Å²) in [5, 5.41) is 0. The molecule has 1 heterocycles. The van der Waals surface area contributed by atoms with Gasteiger partial charge in [0.1, 0.15) is 11.9 Å². The predicted octanol–water partition coefficient (Wildman–Crippen LogP) is 17.5. The van der Waals surface area contributed by atoms with Crippen LogP contribution in [0.5, 0.6) is 5.75 Å². The van der Waals surface area contributed by atoms with E-state index in [4.69, 9.17) is 4.74 Å². The quantitative estimate of drug-likeness (QED) is 0.144. The molecule has 334 valence electrons. The largest absolute Gasteiger partial charge is 0.485 e. The van der Waals surface area contributed by atoms with Crippen molar-refractivity contribution in [2.24, 2.45) is 5.92 Å². The molecule has 13 rings (SSSR count). The molecule has 0 saturated carbocycles. The first-order valence-corrected chi connectivity index (χ1v) is 24.4. The molecular weight excluding hydrogens is 849 g/mol. The van der Waals surface area contributed by atoms with Crippen LogP contribution in [0.25, 0.3) is 50.1 Å². The fourth-order valence-corrected chi connectivity index (χ4v) is 11.4. The van der Waals surface area contributed by atoms with Crippen molar-refractivity contribution in [3.63, 3.8) is 0 Å². The molecule has 3 aliphatic carbocycles. The summed E-state index contributed by atoms with van der Waals surface area (Å²) in [6.07, 6.45) is 11.3. The van der Waals surface area contributed by atoms with Crippen molar-refractivity contribution >= 4 is 34.0 Å². The molecule has 70 heavy (non-hydrogen) atoms. The standard InChI is InChI=1S/C67H50N2O/c1-67(2)59-25-13-12-22-55(59)56-41-40-54(44-60(56)67)69(53-38-32-50(33-39-53)47-20-10-5-11-21-47)61-42-43-64-65-57(61)23-14-24-58(65)66-62(26-15-27-63(66)70-64)68(51-34-28-48(29-35-51)45-16-6-3-7-17-45)52-36-30-49(31-37-52)46-18-8-4-9-19-46/h3-44,64-65H,1-2H3. The van der Waals surface area contributed by atoms with Crippen molar-refractivity contribution in [3.05, 3.63) is 283 Å². The smallest absolute Gasteiger partial charge is 0.129 e. The molecule has 0 fully saturated rings. The molecule has 0 radical (unpaired) electrons. The number of rotatable bonds is 9. The van der Waals surface area contributed by atoms with Crippen LogP contribution in [-0.2, 0) is 5.41 Å². The van der Waals surface area contributed by atoms with E-state index in [-0.39, 0.29) is 17.4 Å². The van der Waals surface area contributed by atoms with E-state index in [1.165, 1.54) is 66.8 Å². The number of nitrogens with zero attached hydrogens (tertiary/aromatic N) is 2. The molecule has 0 bridgehead atoms. The minimum absolute atomic E-state index is 0.0531. The Hall–Kier alpha value is -8.66. The Labute approximate surface area is 410 Å². The van der Waals surface area contributed by atoms with Crippen molar-refractivity contribution in [1.29, 1.82) is 0 Å². The molecule has 0 N–H and O–H groups in total. The number of benzene rings is 9. The zero-order valence-corrected chi connectivity index (χ0v) is 39.2. The van der Waals surface area contributed by atoms with E-state index in [0.717, 1.165) is 45.4 Å². The van der Waals surface area contributed by atoms with Gasteiger partial charge >= 0.3 is 0 Å². The van der Waals surface area contributed by atoms with Gasteiger partial charge < -0.3 is 14.5 Å². The first-order chi connectivity index (χ1) is 34.5. The van der Waals surface area contributed by atoms with Crippen molar-refractivity contribution in [2.75, 3.05) is 9.80 Å². The van der Waals surface area contributed by atoms with Crippen LogP contribution in [0.4, 0.5) is 28.4 Å². The summed E-state index contributed by atoms with van der Waals surface area (Å²) in [5.74, 6) is 0.830. The summed E-state index contributed by atoms with van der Waals surface area (Å²) >= 11 is 0. The third kappa shape index (κ3) is 6.96. The Bertz CT molecular complexity index is 3480. The second-order valence-electron chi connectivity index (χ2n) is 19.2. The fraction of sp³-hybridized carbons (Fsp3) is 0.0746. The molecule has 0 saturated heterocycles. The molecule has 2 unspecified atom stereocenters. The van der Waals surface area contributed by atoms with Gasteiger partial charge in [-0.15, -0.1) is 0 Å². The van der Waals surface area contributed by atoms with Crippen LogP contribution in [0.1, 0.15) is 30.5 Å². The first kappa shape index (κ1) is 41.5. The Balaban J connectivity index is 0.948. The number of hydrogen-bond acceptors (Lipinski definition) is 3. The highest BCUT2D eigenvalue weighted by Crippen LogP contribution is 2.55. The van der Waals surface area contributed by atoms with Crippen molar-refractivity contribution in [1.82, 2.24) is 0 Å². The molecule has 3 heteroatoms. The van der Waals surface area contributed by atoms with Gasteiger partial charge in [0.2, 0.25) is 0 Å². The average molecular weight is 899 g/mol. The lowest BCUT2D eigenvalue weighted by atomic mass is 9.73. The van der Waals surface area contributed by atoms with E-state index in [9.17, 15) is 0 Å². The van der Waals surface area contributed by atoms with Gasteiger partial charge in [-0.25, -0.2) is 0 Å². The average Bonchev–Trinajstić information content (AvgIpc) is 3.65. The summed E-state index contributed by atoms with van der Waals surface area (Å²) in [6, 6.07) is 81.4. The highest BCUT2D eigenvalue weighted by molar-refractivity contribution is 5.94. The van der Waals surface area contributed by atoms with E-state index in [0.29, 0.717) is 0 Å². The van der Waals surface area contributed by atoms with Crippen LogP contribution < -0.4 is 14.5 Å². The Kier molecular flexibility index (Phi) is 9.99. The first-order valence-electron chi connectivity index (χ1n) is 24.4. The van der Waals surface area contributed by atoms with Gasteiger partial charge in [0.05, 0.1) is 11.6 Å². The molecule has 3 nitrogen and oxygen atoms in total. The molecule has 9 aromatic carbocycles. The van der Waals surface area contributed by atoms with E-state index < -0.39 is 0 Å². The van der Waals surface area contributed by atoms with Crippen molar-refractivity contribution in [2.45, 2.75) is 25.4 Å². The monoisotopic (exact) mass is 898 g/mol. The van der Waals surface area contributed by atoms with E-state index in [1.54, 1.807) is 0 Å². The lowest BCUT2D eigenvalue weighted by molar-refractivity contribution is 0.209. The zero-order valence-electron chi connectivity index (χ0n) is 39.2. The van der Waals surface area contributed by atoms with Gasteiger partial charge in [-0.3, -0.25) is 0 Å². The van der Waals surface area contributed by atoms with Gasteiger partial charge in [-0.2, -0.15) is 0 Å². The molecule has 0 amide bonds. The maximum absolute atomic E-state index is 7.18. The topological polar surface area (TPSA) is 15.7 Å². The summed E-state index contributed by atoms with van der Waals surface area (Å²) in [7, 11) is 0. The van der Waals surface area contributed by atoms with Gasteiger partial charge in [-0.05, 0) is 140 Å². The third-order valence-corrected chi connectivity index (χ3v) is 14.9. The summed E-state index contributed by atoms with van der Waals surface area (Å²) in [6.45, 7) is 4.72. The van der Waals surface area contributed by atoms with E-state index in [2.05, 4.69) is 278 Å². The maximum atomic E-state index is 7.18. The molecule has 0 spiro atoms. The Morgan fingerprint density at radius 3 is 1.51 bits per heavy atom. The van der Waals surface area contributed by atoms with Crippen LogP contribution in [0.3, 0.4) is 0 Å². The van der Waals surface area contributed by atoms with Crippen LogP contribution in [0.15, 0.2) is 266 Å². The van der Waals surface area contributed by atoms with Gasteiger partial charge in [0, 0.05) is 39.4 Å². The van der Waals surface area contributed by atoms with Gasteiger partial charge in [0.25, 0.3) is 0 Å². The summed E-state index contributed by atoms with van der Waals surface area (Å²) in [5.41, 5.74) is 22.5. The number of allylic oxidation sites excluding steroid dienone is 4. The minimum atomic E-state index is -0.183. The summed E-state index contributed by atoms with van der Waals surface area (Å²) in [4.78, 5) is 4.87. The highest BCUT2D eigenvalue weighted by Gasteiger charge is 2.42. The zero-order chi connectivity index (χ0) is 46.8. The van der Waals surface area contributed by atoms with Crippen LogP contribution in [-0.4, -0.2) is 6.10 Å². The number of hydrogen-bond donors (Lipinski definition) is 0. The number of ether oxygens (including phenoxy) is 1. The second-order valence-corrected chi connectivity index (χ2v) is 19.2. The van der Waals surface area contributed by atoms with Gasteiger partial charge in [0.15, 0.2) is 0 Å². The van der Waals surface area contributed by atoms with Crippen LogP contribution in [0.2, 0.25) is 0 Å². The molecule has 2 atom stereocenters. The molecule has 4 aliphatic rings. The Morgan fingerprint density at radius 1 is 0.429 bits per heavy atom. The Morgan fingerprint density at radius 2 is 0.929 bits per heavy atom. The maximum Gasteiger partial charge on any atom is 0.129 e. The third-order valence-electron chi connectivity index (χ3n) is 14.9. The van der Waals surface area contributed by atoms with Crippen LogP contribution >= 0.6 is 0 Å². The molecule has 0 aromatic heterocycles. The lowest BCUT2D eigenvalue weighted by Crippen LogP contribution is -2.37. The predicted molar refractivity (Wildman–Crippen MR) is 291 cm³/mol. The number of fused-ring (bicyclic) bond motifs is 5. The van der Waals surface area contributed by atoms with Crippen molar-refractivity contribution in [3.8, 4) is 50.3 Å². The number of anilines is 5. The van der Waals surface area contributed by atoms with E-state index in [1.807, 2.05) is 0 Å². The molecule has 9 aromatic rings. The van der Waals surface area contributed by atoms with E-state index >= 15 is 0 Å². The SMILES string of the molecule is CC1(C)c2ccccc2-c2ccc(N(C3=C4C=CC=C5c6c(cccc6N(c6ccc(-c7ccccc7)cc6)c6ccc(-c7ccccc7)cc6)OC(C=C3)C54)c3ccc(-c4ccccc4)cc3)cc21. The second kappa shape index (κ2) is 16.8. The summed E-state index contributed by atoms with van der Waals surface area (Å²) < 4.78 is 7.18. The van der Waals surface area contributed by atoms with Crippen LogP contribution in [0, 0.1) is 5.92 Å². The fourth-order valence-electron chi connectivity index (χ4n) is 11.4. The lowest BCUT2D eigenvalue weighted by Gasteiger charge is -2.43. The normalized spacial score (nSPS) is 16.6. The minimum Gasteiger partial charge on any atom is -0.485 e.